The minimum Gasteiger partial charge on any atom is -0.472 e. The van der Waals surface area contributed by atoms with Gasteiger partial charge in [0.15, 0.2) is 0 Å². The summed E-state index contributed by atoms with van der Waals surface area (Å²) in [6, 6.07) is 9.28. The van der Waals surface area contributed by atoms with Crippen LogP contribution in [-0.2, 0) is 0 Å². The maximum absolute atomic E-state index is 11.6. The van der Waals surface area contributed by atoms with Crippen molar-refractivity contribution in [2.45, 2.75) is 6.92 Å². The van der Waals surface area contributed by atoms with Crippen LogP contribution in [0.1, 0.15) is 15.9 Å². The van der Waals surface area contributed by atoms with Gasteiger partial charge in [-0.25, -0.2) is 0 Å². The number of amides is 1. The lowest BCUT2D eigenvalue weighted by Gasteiger charge is -2.03. The number of furan rings is 1. The van der Waals surface area contributed by atoms with E-state index in [2.05, 4.69) is 5.32 Å². The lowest BCUT2D eigenvalue weighted by molar-refractivity contribution is 0.102. The van der Waals surface area contributed by atoms with Crippen molar-refractivity contribution >= 4 is 11.6 Å². The lowest BCUT2D eigenvalue weighted by atomic mass is 10.2. The zero-order chi connectivity index (χ0) is 10.7. The molecular formula is C12H11NO2. The number of rotatable bonds is 2. The fourth-order valence-corrected chi connectivity index (χ4v) is 1.32. The molecule has 76 valence electrons. The molecule has 0 saturated carbocycles. The Morgan fingerprint density at radius 1 is 1.33 bits per heavy atom. The van der Waals surface area contributed by atoms with Gasteiger partial charge in [0.25, 0.3) is 5.91 Å². The van der Waals surface area contributed by atoms with Crippen LogP contribution in [-0.4, -0.2) is 5.91 Å². The van der Waals surface area contributed by atoms with E-state index in [9.17, 15) is 4.79 Å². The predicted molar refractivity (Wildman–Crippen MR) is 57.8 cm³/mol. The average molecular weight is 201 g/mol. The molecule has 2 aromatic rings. The van der Waals surface area contributed by atoms with Crippen molar-refractivity contribution in [3.05, 3.63) is 54.0 Å². The second kappa shape index (κ2) is 4.00. The first kappa shape index (κ1) is 9.52. The van der Waals surface area contributed by atoms with E-state index < -0.39 is 0 Å². The van der Waals surface area contributed by atoms with Crippen LogP contribution in [0.25, 0.3) is 0 Å². The van der Waals surface area contributed by atoms with Gasteiger partial charge in [-0.05, 0) is 30.7 Å². The summed E-state index contributed by atoms with van der Waals surface area (Å²) in [5.74, 6) is -0.158. The molecule has 0 aliphatic heterocycles. The van der Waals surface area contributed by atoms with Gasteiger partial charge in [0, 0.05) is 5.69 Å². The van der Waals surface area contributed by atoms with E-state index in [1.807, 2.05) is 31.2 Å². The van der Waals surface area contributed by atoms with Gasteiger partial charge in [-0.2, -0.15) is 0 Å². The summed E-state index contributed by atoms with van der Waals surface area (Å²) in [5, 5.41) is 2.79. The van der Waals surface area contributed by atoms with Crippen LogP contribution in [0.5, 0.6) is 0 Å². The van der Waals surface area contributed by atoms with E-state index in [0.29, 0.717) is 5.56 Å². The van der Waals surface area contributed by atoms with E-state index in [0.717, 1.165) is 11.3 Å². The van der Waals surface area contributed by atoms with E-state index >= 15 is 0 Å². The van der Waals surface area contributed by atoms with Gasteiger partial charge in [0.2, 0.25) is 0 Å². The number of carbonyl (C=O) groups excluding carboxylic acids is 1. The summed E-state index contributed by atoms with van der Waals surface area (Å²) >= 11 is 0. The first-order valence-electron chi connectivity index (χ1n) is 4.66. The first-order chi connectivity index (χ1) is 7.25. The number of nitrogens with one attached hydrogen (secondary N) is 1. The minimum absolute atomic E-state index is 0.158. The second-order valence-corrected chi connectivity index (χ2v) is 3.34. The highest BCUT2D eigenvalue weighted by atomic mass is 16.3. The standard InChI is InChI=1S/C12H11NO2/c1-9-3-2-4-11(7-9)13-12(14)10-5-6-15-8-10/h2-8H,1H3,(H,13,14). The number of carbonyl (C=O) groups is 1. The Balaban J connectivity index is 2.13. The van der Waals surface area contributed by atoms with Gasteiger partial charge in [-0.1, -0.05) is 12.1 Å². The van der Waals surface area contributed by atoms with Crippen molar-refractivity contribution in [2.75, 3.05) is 5.32 Å². The number of hydrogen-bond acceptors (Lipinski definition) is 2. The number of anilines is 1. The largest absolute Gasteiger partial charge is 0.472 e. The van der Waals surface area contributed by atoms with Crippen LogP contribution in [0.4, 0.5) is 5.69 Å². The topological polar surface area (TPSA) is 42.2 Å². The fourth-order valence-electron chi connectivity index (χ4n) is 1.32. The van der Waals surface area contributed by atoms with Crippen LogP contribution in [0, 0.1) is 6.92 Å². The summed E-state index contributed by atoms with van der Waals surface area (Å²) in [5.41, 5.74) is 2.43. The molecule has 0 aliphatic carbocycles. The van der Waals surface area contributed by atoms with E-state index in [1.165, 1.54) is 12.5 Å². The van der Waals surface area contributed by atoms with Crippen molar-refractivity contribution in [3.63, 3.8) is 0 Å². The molecule has 0 unspecified atom stereocenters. The van der Waals surface area contributed by atoms with Crippen molar-refractivity contribution in [2.24, 2.45) is 0 Å². The van der Waals surface area contributed by atoms with E-state index in [1.54, 1.807) is 6.07 Å². The van der Waals surface area contributed by atoms with Gasteiger partial charge < -0.3 is 9.73 Å². The molecule has 1 aromatic carbocycles. The van der Waals surface area contributed by atoms with Crippen LogP contribution in [0.15, 0.2) is 47.3 Å². The van der Waals surface area contributed by atoms with Gasteiger partial charge in [-0.15, -0.1) is 0 Å². The monoisotopic (exact) mass is 201 g/mol. The second-order valence-electron chi connectivity index (χ2n) is 3.34. The number of hydrogen-bond donors (Lipinski definition) is 1. The third-order valence-electron chi connectivity index (χ3n) is 2.06. The fraction of sp³-hybridized carbons (Fsp3) is 0.0833. The molecule has 1 N–H and O–H groups in total. The quantitative estimate of drug-likeness (QED) is 0.811. The van der Waals surface area contributed by atoms with E-state index in [4.69, 9.17) is 4.42 Å². The van der Waals surface area contributed by atoms with Crippen molar-refractivity contribution in [1.29, 1.82) is 0 Å². The summed E-state index contributed by atoms with van der Waals surface area (Å²) in [7, 11) is 0. The summed E-state index contributed by atoms with van der Waals surface area (Å²) in [6.45, 7) is 1.98. The highest BCUT2D eigenvalue weighted by Crippen LogP contribution is 2.11. The molecule has 1 heterocycles. The Labute approximate surface area is 87.7 Å². The predicted octanol–water partition coefficient (Wildman–Crippen LogP) is 2.84. The minimum atomic E-state index is -0.158. The molecule has 0 spiro atoms. The molecule has 0 fully saturated rings. The Morgan fingerprint density at radius 3 is 2.87 bits per heavy atom. The first-order valence-corrected chi connectivity index (χ1v) is 4.66. The summed E-state index contributed by atoms with van der Waals surface area (Å²) < 4.78 is 4.84. The molecule has 0 aliphatic rings. The highest BCUT2D eigenvalue weighted by molar-refractivity contribution is 6.03. The van der Waals surface area contributed by atoms with Crippen molar-refractivity contribution in [3.8, 4) is 0 Å². The Kier molecular flexibility index (Phi) is 2.54. The molecular weight excluding hydrogens is 190 g/mol. The van der Waals surface area contributed by atoms with Crippen LogP contribution < -0.4 is 5.32 Å². The number of aryl methyl sites for hydroxylation is 1. The molecule has 0 bridgehead atoms. The molecule has 2 rings (SSSR count). The Hall–Kier alpha value is -2.03. The zero-order valence-electron chi connectivity index (χ0n) is 8.36. The molecule has 3 nitrogen and oxygen atoms in total. The summed E-state index contributed by atoms with van der Waals surface area (Å²) in [4.78, 5) is 11.6. The van der Waals surface area contributed by atoms with Crippen LogP contribution in [0.3, 0.4) is 0 Å². The lowest BCUT2D eigenvalue weighted by Crippen LogP contribution is -2.10. The summed E-state index contributed by atoms with van der Waals surface area (Å²) in [6.07, 6.45) is 2.90. The zero-order valence-corrected chi connectivity index (χ0v) is 8.36. The smallest absolute Gasteiger partial charge is 0.258 e. The normalized spacial score (nSPS) is 9.93. The maximum atomic E-state index is 11.6. The molecule has 0 radical (unpaired) electrons. The molecule has 0 saturated heterocycles. The van der Waals surface area contributed by atoms with Crippen LogP contribution >= 0.6 is 0 Å². The highest BCUT2D eigenvalue weighted by Gasteiger charge is 2.06. The van der Waals surface area contributed by atoms with Crippen LogP contribution in [0.2, 0.25) is 0 Å². The Bertz CT molecular complexity index is 460. The molecule has 15 heavy (non-hydrogen) atoms. The third-order valence-corrected chi connectivity index (χ3v) is 2.06. The Morgan fingerprint density at radius 2 is 2.20 bits per heavy atom. The van der Waals surface area contributed by atoms with Crippen molar-refractivity contribution in [1.82, 2.24) is 0 Å². The molecule has 3 heteroatoms. The molecule has 1 amide bonds. The van der Waals surface area contributed by atoms with Gasteiger partial charge in [0.1, 0.15) is 6.26 Å². The molecule has 1 aromatic heterocycles. The number of benzene rings is 1. The van der Waals surface area contributed by atoms with Crippen molar-refractivity contribution < 1.29 is 9.21 Å². The van der Waals surface area contributed by atoms with Gasteiger partial charge in [0.05, 0.1) is 11.8 Å². The van der Waals surface area contributed by atoms with Gasteiger partial charge >= 0.3 is 0 Å². The van der Waals surface area contributed by atoms with E-state index in [-0.39, 0.29) is 5.91 Å². The average Bonchev–Trinajstić information content (AvgIpc) is 2.70. The maximum Gasteiger partial charge on any atom is 0.258 e. The van der Waals surface area contributed by atoms with Gasteiger partial charge in [-0.3, -0.25) is 4.79 Å². The SMILES string of the molecule is Cc1cccc(NC(=O)c2ccoc2)c1. The third kappa shape index (κ3) is 2.26. The molecule has 0 atom stereocenters.